The number of carbonyl (C=O) groups excluding carboxylic acids is 2. The van der Waals surface area contributed by atoms with Crippen LogP contribution in [0.3, 0.4) is 0 Å². The number of rotatable bonds is 7. The number of nitrogens with one attached hydrogen (secondary N) is 1. The minimum atomic E-state index is -0.964. The van der Waals surface area contributed by atoms with E-state index < -0.39 is 11.9 Å². The molecule has 34 heavy (non-hydrogen) atoms. The molecular weight excluding hydrogens is 436 g/mol. The lowest BCUT2D eigenvalue weighted by molar-refractivity contribution is -0.123. The largest absolute Gasteiger partial charge is 0.497 e. The first-order chi connectivity index (χ1) is 16.6. The highest BCUT2D eigenvalue weighted by Gasteiger charge is 2.36. The van der Waals surface area contributed by atoms with E-state index in [2.05, 4.69) is 5.32 Å². The first-order valence-electron chi connectivity index (χ1n) is 11.3. The number of hydrogen-bond donors (Lipinski definition) is 1. The topological polar surface area (TPSA) is 90.2 Å². The van der Waals surface area contributed by atoms with Gasteiger partial charge in [0, 0.05) is 17.8 Å². The van der Waals surface area contributed by atoms with E-state index in [1.54, 1.807) is 55.6 Å². The molecule has 1 aromatic heterocycles. The minimum Gasteiger partial charge on any atom is -0.497 e. The highest BCUT2D eigenvalue weighted by atomic mass is 16.7. The van der Waals surface area contributed by atoms with Crippen LogP contribution in [0.5, 0.6) is 17.2 Å². The van der Waals surface area contributed by atoms with Gasteiger partial charge < -0.3 is 23.9 Å². The van der Waals surface area contributed by atoms with E-state index >= 15 is 0 Å². The zero-order chi connectivity index (χ0) is 23.5. The van der Waals surface area contributed by atoms with Crippen molar-refractivity contribution in [3.8, 4) is 17.2 Å². The Labute approximate surface area is 197 Å². The van der Waals surface area contributed by atoms with Gasteiger partial charge in [-0.25, -0.2) is 0 Å². The van der Waals surface area contributed by atoms with E-state index in [-0.39, 0.29) is 24.5 Å². The van der Waals surface area contributed by atoms with Gasteiger partial charge in [0.2, 0.25) is 12.7 Å². The van der Waals surface area contributed by atoms with E-state index in [9.17, 15) is 9.59 Å². The molecule has 0 spiro atoms. The smallest absolute Gasteiger partial charge is 0.294 e. The molecule has 2 amide bonds. The van der Waals surface area contributed by atoms with Gasteiger partial charge in [0.1, 0.15) is 11.8 Å². The molecule has 0 saturated heterocycles. The van der Waals surface area contributed by atoms with E-state index in [1.165, 1.54) is 11.2 Å². The first-order valence-corrected chi connectivity index (χ1v) is 11.3. The summed E-state index contributed by atoms with van der Waals surface area (Å²) >= 11 is 0. The van der Waals surface area contributed by atoms with Gasteiger partial charge in [0.05, 0.1) is 13.4 Å². The number of amides is 2. The summed E-state index contributed by atoms with van der Waals surface area (Å²) in [6.07, 6.45) is 5.43. The number of benzene rings is 2. The monoisotopic (exact) mass is 462 g/mol. The van der Waals surface area contributed by atoms with Gasteiger partial charge in [-0.3, -0.25) is 14.5 Å². The van der Waals surface area contributed by atoms with Gasteiger partial charge in [0.25, 0.3) is 5.91 Å². The van der Waals surface area contributed by atoms with E-state index in [0.29, 0.717) is 28.5 Å². The summed E-state index contributed by atoms with van der Waals surface area (Å²) in [6, 6.07) is 14.7. The third-order valence-electron chi connectivity index (χ3n) is 6.20. The standard InChI is InChI=1S/C26H26N2O6/c1-31-20-9-4-6-17(14-20)24(25(29)27-18-7-2-3-8-18)28(26(30)22-10-5-13-32-22)19-11-12-21-23(15-19)34-16-33-21/h4-6,9-15,18,24H,2-3,7-8,16H2,1H3,(H,27,29). The molecule has 1 saturated carbocycles. The van der Waals surface area contributed by atoms with Crippen molar-refractivity contribution in [2.75, 3.05) is 18.8 Å². The molecule has 1 N–H and O–H groups in total. The summed E-state index contributed by atoms with van der Waals surface area (Å²) in [7, 11) is 1.57. The van der Waals surface area contributed by atoms with Gasteiger partial charge in [-0.2, -0.15) is 0 Å². The number of hydrogen-bond acceptors (Lipinski definition) is 6. The molecule has 8 heteroatoms. The molecule has 176 valence electrons. The number of methoxy groups -OCH3 is 1. The fourth-order valence-corrected chi connectivity index (χ4v) is 4.52. The predicted molar refractivity (Wildman–Crippen MR) is 124 cm³/mol. The number of carbonyl (C=O) groups is 2. The second-order valence-corrected chi connectivity index (χ2v) is 8.36. The van der Waals surface area contributed by atoms with Crippen molar-refractivity contribution in [3.05, 3.63) is 72.2 Å². The third kappa shape index (κ3) is 4.31. The zero-order valence-corrected chi connectivity index (χ0v) is 18.9. The molecule has 1 aliphatic carbocycles. The Morgan fingerprint density at radius 1 is 1.03 bits per heavy atom. The van der Waals surface area contributed by atoms with Gasteiger partial charge in [-0.1, -0.05) is 25.0 Å². The molecule has 5 rings (SSSR count). The Bertz CT molecular complexity index is 1170. The Kier molecular flexibility index (Phi) is 6.12. The Morgan fingerprint density at radius 2 is 1.85 bits per heavy atom. The lowest BCUT2D eigenvalue weighted by Crippen LogP contribution is -2.46. The maximum Gasteiger partial charge on any atom is 0.294 e. The molecule has 2 aliphatic rings. The second kappa shape index (κ2) is 9.51. The van der Waals surface area contributed by atoms with E-state index in [1.807, 2.05) is 6.07 Å². The molecule has 2 heterocycles. The normalized spacial score (nSPS) is 15.7. The number of ether oxygens (including phenoxy) is 3. The molecule has 1 atom stereocenters. The fraction of sp³-hybridized carbons (Fsp3) is 0.308. The summed E-state index contributed by atoms with van der Waals surface area (Å²) in [5, 5.41) is 3.16. The molecule has 1 fully saturated rings. The van der Waals surface area contributed by atoms with Crippen LogP contribution in [0, 0.1) is 0 Å². The fourth-order valence-electron chi connectivity index (χ4n) is 4.52. The van der Waals surface area contributed by atoms with Gasteiger partial charge in [-0.05, 0) is 54.8 Å². The number of furan rings is 1. The number of fused-ring (bicyclic) bond motifs is 1. The van der Waals surface area contributed by atoms with Gasteiger partial charge in [0.15, 0.2) is 17.3 Å². The second-order valence-electron chi connectivity index (χ2n) is 8.36. The first kappa shape index (κ1) is 21.9. The van der Waals surface area contributed by atoms with Crippen molar-refractivity contribution < 1.29 is 28.2 Å². The molecule has 1 aliphatic heterocycles. The maximum absolute atomic E-state index is 13.8. The van der Waals surface area contributed by atoms with Crippen LogP contribution >= 0.6 is 0 Å². The van der Waals surface area contributed by atoms with E-state index in [0.717, 1.165) is 25.7 Å². The van der Waals surface area contributed by atoms with Gasteiger partial charge in [-0.15, -0.1) is 0 Å². The lowest BCUT2D eigenvalue weighted by atomic mass is 10.0. The highest BCUT2D eigenvalue weighted by molar-refractivity contribution is 6.08. The van der Waals surface area contributed by atoms with Crippen LogP contribution in [0.2, 0.25) is 0 Å². The predicted octanol–water partition coefficient (Wildman–Crippen LogP) is 4.46. The van der Waals surface area contributed by atoms with E-state index in [4.69, 9.17) is 18.6 Å². The van der Waals surface area contributed by atoms with Crippen LogP contribution in [-0.2, 0) is 4.79 Å². The van der Waals surface area contributed by atoms with Gasteiger partial charge >= 0.3 is 0 Å². The molecule has 1 unspecified atom stereocenters. The summed E-state index contributed by atoms with van der Waals surface area (Å²) in [6.45, 7) is 0.104. The van der Waals surface area contributed by atoms with Crippen LogP contribution in [0.15, 0.2) is 65.3 Å². The third-order valence-corrected chi connectivity index (χ3v) is 6.20. The minimum absolute atomic E-state index is 0.0814. The summed E-state index contributed by atoms with van der Waals surface area (Å²) in [4.78, 5) is 29.0. The van der Waals surface area contributed by atoms with Crippen molar-refractivity contribution in [1.29, 1.82) is 0 Å². The summed E-state index contributed by atoms with van der Waals surface area (Å²) in [5.41, 5.74) is 1.10. The molecular formula is C26H26N2O6. The lowest BCUT2D eigenvalue weighted by Gasteiger charge is -2.32. The van der Waals surface area contributed by atoms with Crippen LogP contribution in [-0.4, -0.2) is 31.8 Å². The Balaban J connectivity index is 1.62. The summed E-state index contributed by atoms with van der Waals surface area (Å²) in [5.74, 6) is 1.10. The molecule has 8 nitrogen and oxygen atoms in total. The molecule has 0 bridgehead atoms. The van der Waals surface area contributed by atoms with Crippen LogP contribution in [0.1, 0.15) is 47.8 Å². The highest BCUT2D eigenvalue weighted by Crippen LogP contribution is 2.39. The Hall–Kier alpha value is -3.94. The van der Waals surface area contributed by atoms with Crippen LogP contribution in [0.25, 0.3) is 0 Å². The quantitative estimate of drug-likeness (QED) is 0.557. The zero-order valence-electron chi connectivity index (χ0n) is 18.9. The van der Waals surface area contributed by atoms with Crippen molar-refractivity contribution in [3.63, 3.8) is 0 Å². The average molecular weight is 463 g/mol. The molecule has 2 aromatic carbocycles. The van der Waals surface area contributed by atoms with Crippen molar-refractivity contribution in [2.45, 2.75) is 37.8 Å². The molecule has 0 radical (unpaired) electrons. The van der Waals surface area contributed by atoms with Crippen molar-refractivity contribution in [1.82, 2.24) is 5.32 Å². The van der Waals surface area contributed by atoms with Crippen LogP contribution < -0.4 is 24.4 Å². The number of anilines is 1. The SMILES string of the molecule is COc1cccc(C(C(=O)NC2CCCC2)N(C(=O)c2ccco2)c2ccc3c(c2)OCO3)c1. The summed E-state index contributed by atoms with van der Waals surface area (Å²) < 4.78 is 21.8. The van der Waals surface area contributed by atoms with Crippen LogP contribution in [0.4, 0.5) is 5.69 Å². The Morgan fingerprint density at radius 3 is 2.62 bits per heavy atom. The average Bonchev–Trinajstić information content (AvgIpc) is 3.64. The maximum atomic E-state index is 13.8. The van der Waals surface area contributed by atoms with Crippen molar-refractivity contribution >= 4 is 17.5 Å². The number of nitrogens with zero attached hydrogens (tertiary/aromatic N) is 1. The van der Waals surface area contributed by atoms with Crippen molar-refractivity contribution in [2.24, 2.45) is 0 Å². The molecule has 3 aromatic rings.